The van der Waals surface area contributed by atoms with Crippen LogP contribution in [0.1, 0.15) is 0 Å². The zero-order valence-corrected chi connectivity index (χ0v) is 11.7. The zero-order valence-electron chi connectivity index (χ0n) is 10.1. The first-order valence-electron chi connectivity index (χ1n) is 5.60. The molecule has 0 fully saturated rings. The highest BCUT2D eigenvalue weighted by Gasteiger charge is 2.08. The highest BCUT2D eigenvalue weighted by atomic mass is 79.9. The van der Waals surface area contributed by atoms with E-state index in [0.29, 0.717) is 12.4 Å². The first kappa shape index (κ1) is 13.4. The van der Waals surface area contributed by atoms with Gasteiger partial charge in [0.15, 0.2) is 0 Å². The van der Waals surface area contributed by atoms with Gasteiger partial charge in [0.2, 0.25) is 11.7 Å². The van der Waals surface area contributed by atoms with Crippen LogP contribution < -0.4 is 5.32 Å². The Labute approximate surface area is 118 Å². The summed E-state index contributed by atoms with van der Waals surface area (Å²) in [7, 11) is 0. The maximum atomic E-state index is 11.5. The van der Waals surface area contributed by atoms with Gasteiger partial charge in [-0.2, -0.15) is 4.80 Å². The SMILES string of the molecule is C=CCNC(=O)Cn1nnc(-c2ccc(Br)cc2)n1. The first-order valence-corrected chi connectivity index (χ1v) is 6.39. The summed E-state index contributed by atoms with van der Waals surface area (Å²) >= 11 is 3.36. The molecule has 1 heterocycles. The van der Waals surface area contributed by atoms with E-state index in [9.17, 15) is 4.79 Å². The molecular formula is C12H12BrN5O. The number of nitrogens with zero attached hydrogens (tertiary/aromatic N) is 4. The Kier molecular flexibility index (Phi) is 4.40. The van der Waals surface area contributed by atoms with E-state index in [0.717, 1.165) is 10.0 Å². The highest BCUT2D eigenvalue weighted by Crippen LogP contribution is 2.17. The molecule has 0 radical (unpaired) electrons. The Balaban J connectivity index is 2.04. The second-order valence-corrected chi connectivity index (χ2v) is 4.66. The van der Waals surface area contributed by atoms with E-state index >= 15 is 0 Å². The molecule has 19 heavy (non-hydrogen) atoms. The molecule has 0 atom stereocenters. The summed E-state index contributed by atoms with van der Waals surface area (Å²) in [4.78, 5) is 12.7. The molecule has 98 valence electrons. The van der Waals surface area contributed by atoms with Crippen molar-refractivity contribution in [2.45, 2.75) is 6.54 Å². The minimum Gasteiger partial charge on any atom is -0.351 e. The smallest absolute Gasteiger partial charge is 0.243 e. The van der Waals surface area contributed by atoms with Crippen molar-refractivity contribution in [3.8, 4) is 11.4 Å². The van der Waals surface area contributed by atoms with Gasteiger partial charge in [-0.1, -0.05) is 22.0 Å². The lowest BCUT2D eigenvalue weighted by molar-refractivity contribution is -0.121. The van der Waals surface area contributed by atoms with Crippen molar-refractivity contribution in [1.29, 1.82) is 0 Å². The molecule has 0 aliphatic carbocycles. The van der Waals surface area contributed by atoms with Gasteiger partial charge in [0.1, 0.15) is 6.54 Å². The molecule has 0 spiro atoms. The monoisotopic (exact) mass is 321 g/mol. The number of rotatable bonds is 5. The minimum absolute atomic E-state index is 0.0391. The number of aromatic nitrogens is 4. The fourth-order valence-corrected chi connectivity index (χ4v) is 1.66. The van der Waals surface area contributed by atoms with E-state index < -0.39 is 0 Å². The summed E-state index contributed by atoms with van der Waals surface area (Å²) < 4.78 is 0.979. The van der Waals surface area contributed by atoms with Crippen molar-refractivity contribution < 1.29 is 4.79 Å². The van der Waals surface area contributed by atoms with Crippen LogP contribution in [0.5, 0.6) is 0 Å². The Morgan fingerprint density at radius 1 is 1.42 bits per heavy atom. The number of carbonyl (C=O) groups excluding carboxylic acids is 1. The molecule has 1 aromatic carbocycles. The van der Waals surface area contributed by atoms with E-state index in [1.165, 1.54) is 4.80 Å². The molecule has 2 rings (SSSR count). The second-order valence-electron chi connectivity index (χ2n) is 3.74. The van der Waals surface area contributed by atoms with E-state index in [1.54, 1.807) is 6.08 Å². The normalized spacial score (nSPS) is 10.2. The van der Waals surface area contributed by atoms with Gasteiger partial charge in [0.05, 0.1) is 0 Å². The van der Waals surface area contributed by atoms with Gasteiger partial charge in [0.25, 0.3) is 0 Å². The summed E-state index contributed by atoms with van der Waals surface area (Å²) in [5.74, 6) is 0.309. The van der Waals surface area contributed by atoms with Crippen LogP contribution in [0.15, 0.2) is 41.4 Å². The van der Waals surface area contributed by atoms with Crippen LogP contribution in [-0.2, 0) is 11.3 Å². The summed E-state index contributed by atoms with van der Waals surface area (Å²) in [6.07, 6.45) is 1.61. The summed E-state index contributed by atoms with van der Waals surface area (Å²) in [5, 5.41) is 14.6. The Bertz CT molecular complexity index is 578. The lowest BCUT2D eigenvalue weighted by Gasteiger charge is -1.99. The van der Waals surface area contributed by atoms with Gasteiger partial charge in [-0.15, -0.1) is 16.8 Å². The predicted molar refractivity (Wildman–Crippen MR) is 74.2 cm³/mol. The van der Waals surface area contributed by atoms with Crippen molar-refractivity contribution in [2.75, 3.05) is 6.54 Å². The molecule has 0 aliphatic rings. The standard InChI is InChI=1S/C12H12BrN5O/c1-2-7-14-11(19)8-18-16-12(15-17-18)9-3-5-10(13)6-4-9/h2-6H,1,7-8H2,(H,14,19). The van der Waals surface area contributed by atoms with Crippen molar-refractivity contribution in [3.05, 3.63) is 41.4 Å². The molecule has 0 saturated carbocycles. The Hall–Kier alpha value is -2.02. The van der Waals surface area contributed by atoms with E-state index in [2.05, 4.69) is 43.2 Å². The largest absolute Gasteiger partial charge is 0.351 e. The van der Waals surface area contributed by atoms with E-state index in [1.807, 2.05) is 24.3 Å². The number of benzene rings is 1. The van der Waals surface area contributed by atoms with Gasteiger partial charge >= 0.3 is 0 Å². The number of tetrazole rings is 1. The van der Waals surface area contributed by atoms with Crippen LogP contribution in [-0.4, -0.2) is 32.7 Å². The molecule has 0 bridgehead atoms. The fourth-order valence-electron chi connectivity index (χ4n) is 1.40. The Morgan fingerprint density at radius 3 is 2.84 bits per heavy atom. The van der Waals surface area contributed by atoms with Crippen LogP contribution in [0.4, 0.5) is 0 Å². The molecule has 7 heteroatoms. The molecule has 0 aliphatic heterocycles. The van der Waals surface area contributed by atoms with E-state index in [-0.39, 0.29) is 12.5 Å². The molecular weight excluding hydrogens is 310 g/mol. The molecule has 0 unspecified atom stereocenters. The molecule has 1 N–H and O–H groups in total. The summed E-state index contributed by atoms with van der Waals surface area (Å²) in [6, 6.07) is 7.55. The number of hydrogen-bond acceptors (Lipinski definition) is 4. The third kappa shape index (κ3) is 3.72. The van der Waals surface area contributed by atoms with Crippen molar-refractivity contribution >= 4 is 21.8 Å². The lowest BCUT2D eigenvalue weighted by Crippen LogP contribution is -2.28. The van der Waals surface area contributed by atoms with Gasteiger partial charge in [-0.05, 0) is 29.5 Å². The lowest BCUT2D eigenvalue weighted by atomic mass is 10.2. The number of amides is 1. The van der Waals surface area contributed by atoms with Crippen molar-refractivity contribution in [2.24, 2.45) is 0 Å². The number of halogens is 1. The van der Waals surface area contributed by atoms with Crippen LogP contribution in [0.25, 0.3) is 11.4 Å². The van der Waals surface area contributed by atoms with Crippen molar-refractivity contribution in [3.63, 3.8) is 0 Å². The number of nitrogens with one attached hydrogen (secondary N) is 1. The number of hydrogen-bond donors (Lipinski definition) is 1. The highest BCUT2D eigenvalue weighted by molar-refractivity contribution is 9.10. The van der Waals surface area contributed by atoms with Crippen LogP contribution in [0.3, 0.4) is 0 Å². The average Bonchev–Trinajstić information content (AvgIpc) is 2.85. The Morgan fingerprint density at radius 2 is 2.16 bits per heavy atom. The van der Waals surface area contributed by atoms with E-state index in [4.69, 9.17) is 0 Å². The average molecular weight is 322 g/mol. The molecule has 0 saturated heterocycles. The van der Waals surface area contributed by atoms with Crippen LogP contribution in [0.2, 0.25) is 0 Å². The van der Waals surface area contributed by atoms with Crippen LogP contribution >= 0.6 is 15.9 Å². The van der Waals surface area contributed by atoms with Gasteiger partial charge < -0.3 is 5.32 Å². The van der Waals surface area contributed by atoms with Gasteiger partial charge in [-0.3, -0.25) is 4.79 Å². The molecule has 2 aromatic rings. The third-order valence-corrected chi connectivity index (χ3v) is 2.81. The third-order valence-electron chi connectivity index (χ3n) is 2.28. The van der Waals surface area contributed by atoms with Gasteiger partial charge in [-0.25, -0.2) is 0 Å². The van der Waals surface area contributed by atoms with Gasteiger partial charge in [0, 0.05) is 16.6 Å². The number of carbonyl (C=O) groups is 1. The molecule has 6 nitrogen and oxygen atoms in total. The minimum atomic E-state index is -0.181. The summed E-state index contributed by atoms with van der Waals surface area (Å²) in [5.41, 5.74) is 0.848. The molecule has 1 amide bonds. The quantitative estimate of drug-likeness (QED) is 0.845. The first-order chi connectivity index (χ1) is 9.19. The van der Waals surface area contributed by atoms with Crippen molar-refractivity contribution in [1.82, 2.24) is 25.5 Å². The summed E-state index contributed by atoms with van der Waals surface area (Å²) in [6.45, 7) is 3.98. The predicted octanol–water partition coefficient (Wildman–Crippen LogP) is 1.40. The molecule has 1 aromatic heterocycles. The maximum Gasteiger partial charge on any atom is 0.243 e. The maximum absolute atomic E-state index is 11.5. The zero-order chi connectivity index (χ0) is 13.7. The topological polar surface area (TPSA) is 72.7 Å². The van der Waals surface area contributed by atoms with Crippen LogP contribution in [0, 0.1) is 0 Å². The second kappa shape index (κ2) is 6.24. The fraction of sp³-hybridized carbons (Fsp3) is 0.167.